The minimum Gasteiger partial charge on any atom is -0.479 e. The molecule has 2 aromatic carbocycles. The van der Waals surface area contributed by atoms with Gasteiger partial charge >= 0.3 is 12.1 Å². The molecule has 11 heteroatoms. The molecular weight excluding hydrogens is 474 g/mol. The van der Waals surface area contributed by atoms with Crippen LogP contribution >= 0.6 is 11.3 Å². The highest BCUT2D eigenvalue weighted by molar-refractivity contribution is 7.09. The largest absolute Gasteiger partial charge is 0.479 e. The molecule has 1 aromatic heterocycles. The number of carbonyl (C=O) groups excluding carboxylic acids is 2. The second-order valence-corrected chi connectivity index (χ2v) is 8.58. The maximum absolute atomic E-state index is 12.3. The summed E-state index contributed by atoms with van der Waals surface area (Å²) in [6.45, 7) is 0.0217. The summed E-state index contributed by atoms with van der Waals surface area (Å²) in [6, 6.07) is 16.1. The number of thiazole rings is 1. The number of fused-ring (bicyclic) bond motifs is 3. The number of hydrogen-bond donors (Lipinski definition) is 3. The van der Waals surface area contributed by atoms with E-state index in [1.165, 1.54) is 12.5 Å². The number of amides is 2. The molecule has 1 aliphatic rings. The number of aromatic nitrogens is 1. The van der Waals surface area contributed by atoms with E-state index in [0.717, 1.165) is 33.6 Å². The van der Waals surface area contributed by atoms with E-state index in [9.17, 15) is 14.4 Å². The number of alkyl carbamates (subject to hydrolysis) is 1. The van der Waals surface area contributed by atoms with E-state index in [4.69, 9.17) is 19.4 Å². The summed E-state index contributed by atoms with van der Waals surface area (Å²) in [5.74, 6) is -2.04. The molecule has 1 atom stereocenters. The second kappa shape index (κ2) is 11.1. The highest BCUT2D eigenvalue weighted by Crippen LogP contribution is 2.44. The quantitative estimate of drug-likeness (QED) is 0.364. The van der Waals surface area contributed by atoms with Gasteiger partial charge in [0.2, 0.25) is 6.10 Å². The van der Waals surface area contributed by atoms with Crippen molar-refractivity contribution >= 4 is 29.3 Å². The van der Waals surface area contributed by atoms with Crippen LogP contribution in [0, 0.1) is 0 Å². The van der Waals surface area contributed by atoms with Crippen LogP contribution in [0.4, 0.5) is 4.79 Å². The molecule has 0 saturated heterocycles. The summed E-state index contributed by atoms with van der Waals surface area (Å²) in [5.41, 5.74) is 6.60. The van der Waals surface area contributed by atoms with Crippen LogP contribution in [0.3, 0.4) is 0 Å². The third kappa shape index (κ3) is 5.65. The number of benzene rings is 2. The van der Waals surface area contributed by atoms with Gasteiger partial charge < -0.3 is 19.9 Å². The summed E-state index contributed by atoms with van der Waals surface area (Å²) in [5, 5.41) is 13.6. The minimum atomic E-state index is -1.35. The zero-order chi connectivity index (χ0) is 24.8. The lowest BCUT2D eigenvalue weighted by Crippen LogP contribution is -2.37. The number of carboxylic acids is 1. The Labute approximate surface area is 204 Å². The standard InChI is InChI=1S/C24H23N3O7S/c1-32-12-20(23(29)30)34-27-22(28)19-13-35-21(26-19)10-25-24(31)33-11-18-16-8-4-2-6-14(16)15-7-3-5-9-17(15)18/h2-9,13,18,20H,10-12H2,1H3,(H,25,31)(H,27,28)(H,29,30). The highest BCUT2D eigenvalue weighted by Gasteiger charge is 2.29. The van der Waals surface area contributed by atoms with Crippen molar-refractivity contribution in [2.24, 2.45) is 0 Å². The zero-order valence-electron chi connectivity index (χ0n) is 18.7. The van der Waals surface area contributed by atoms with E-state index in [2.05, 4.69) is 22.4 Å². The van der Waals surface area contributed by atoms with Gasteiger partial charge in [0.15, 0.2) is 0 Å². The van der Waals surface area contributed by atoms with Gasteiger partial charge in [0, 0.05) is 18.4 Å². The number of rotatable bonds is 10. The van der Waals surface area contributed by atoms with E-state index in [-0.39, 0.29) is 31.4 Å². The number of aliphatic carboxylic acids is 1. The van der Waals surface area contributed by atoms with E-state index < -0.39 is 24.1 Å². The molecule has 1 unspecified atom stereocenters. The molecule has 3 aromatic rings. The molecule has 0 bridgehead atoms. The number of nitrogens with zero attached hydrogens (tertiary/aromatic N) is 1. The number of carbonyl (C=O) groups is 3. The van der Waals surface area contributed by atoms with Gasteiger partial charge in [0.1, 0.15) is 17.3 Å². The van der Waals surface area contributed by atoms with Crippen molar-refractivity contribution in [3.8, 4) is 11.1 Å². The lowest BCUT2D eigenvalue weighted by atomic mass is 9.98. The Balaban J connectivity index is 1.27. The predicted octanol–water partition coefficient (Wildman–Crippen LogP) is 2.94. The van der Waals surface area contributed by atoms with Crippen molar-refractivity contribution in [2.75, 3.05) is 20.3 Å². The first-order valence-electron chi connectivity index (χ1n) is 10.7. The summed E-state index contributed by atoms with van der Waals surface area (Å²) in [6.07, 6.45) is -1.95. The number of nitrogens with one attached hydrogen (secondary N) is 2. The molecule has 3 N–H and O–H groups in total. The highest BCUT2D eigenvalue weighted by atomic mass is 32.1. The van der Waals surface area contributed by atoms with Crippen molar-refractivity contribution in [2.45, 2.75) is 18.6 Å². The molecule has 0 saturated carbocycles. The number of hydrogen-bond acceptors (Lipinski definition) is 8. The van der Waals surface area contributed by atoms with Crippen molar-refractivity contribution in [1.29, 1.82) is 0 Å². The molecule has 4 rings (SSSR count). The number of ether oxygens (including phenoxy) is 2. The van der Waals surface area contributed by atoms with Crippen LogP contribution in [0.1, 0.15) is 32.5 Å². The van der Waals surface area contributed by atoms with E-state index in [1.54, 1.807) is 0 Å². The molecule has 2 amide bonds. The Morgan fingerprint density at radius 1 is 1.09 bits per heavy atom. The average molecular weight is 498 g/mol. The normalized spacial score (nSPS) is 12.9. The van der Waals surface area contributed by atoms with Crippen LogP contribution in [0.25, 0.3) is 11.1 Å². The van der Waals surface area contributed by atoms with Crippen molar-refractivity contribution in [3.63, 3.8) is 0 Å². The Bertz CT molecular complexity index is 1180. The number of methoxy groups -OCH3 is 1. The Kier molecular flexibility index (Phi) is 7.70. The fraction of sp³-hybridized carbons (Fsp3) is 0.250. The number of hydroxylamine groups is 1. The SMILES string of the molecule is COCC(ONC(=O)c1csc(CNC(=O)OCC2c3ccccc3-c3ccccc32)n1)C(=O)O. The lowest BCUT2D eigenvalue weighted by molar-refractivity contribution is -0.158. The molecule has 10 nitrogen and oxygen atoms in total. The third-order valence-electron chi connectivity index (χ3n) is 5.40. The van der Waals surface area contributed by atoms with E-state index in [1.807, 2.05) is 41.9 Å². The van der Waals surface area contributed by atoms with Crippen LogP contribution in [0.15, 0.2) is 53.9 Å². The summed E-state index contributed by atoms with van der Waals surface area (Å²) >= 11 is 1.16. The predicted molar refractivity (Wildman–Crippen MR) is 126 cm³/mol. The fourth-order valence-electron chi connectivity index (χ4n) is 3.78. The van der Waals surface area contributed by atoms with Crippen LogP contribution in [0.5, 0.6) is 0 Å². The van der Waals surface area contributed by atoms with E-state index >= 15 is 0 Å². The molecule has 0 spiro atoms. The lowest BCUT2D eigenvalue weighted by Gasteiger charge is -2.14. The van der Waals surface area contributed by atoms with Crippen LogP contribution in [-0.4, -0.2) is 54.5 Å². The maximum atomic E-state index is 12.3. The first-order chi connectivity index (χ1) is 17.0. The summed E-state index contributed by atoms with van der Waals surface area (Å²) in [7, 11) is 1.32. The summed E-state index contributed by atoms with van der Waals surface area (Å²) < 4.78 is 10.2. The van der Waals surface area contributed by atoms with Gasteiger partial charge in [-0.05, 0) is 22.3 Å². The van der Waals surface area contributed by atoms with Gasteiger partial charge in [0.05, 0.1) is 13.2 Å². The molecular formula is C24H23N3O7S. The van der Waals surface area contributed by atoms with Gasteiger partial charge in [-0.1, -0.05) is 48.5 Å². The monoisotopic (exact) mass is 497 g/mol. The Hall–Kier alpha value is -3.80. The second-order valence-electron chi connectivity index (χ2n) is 7.64. The van der Waals surface area contributed by atoms with Gasteiger partial charge in [-0.2, -0.15) is 0 Å². The van der Waals surface area contributed by atoms with Gasteiger partial charge in [-0.25, -0.2) is 20.1 Å². The first-order valence-corrected chi connectivity index (χ1v) is 11.6. The fourth-order valence-corrected chi connectivity index (χ4v) is 4.49. The van der Waals surface area contributed by atoms with Crippen LogP contribution < -0.4 is 10.8 Å². The maximum Gasteiger partial charge on any atom is 0.407 e. The molecule has 0 fully saturated rings. The zero-order valence-corrected chi connectivity index (χ0v) is 19.5. The molecule has 35 heavy (non-hydrogen) atoms. The van der Waals surface area contributed by atoms with Crippen molar-refractivity contribution in [1.82, 2.24) is 15.8 Å². The van der Waals surface area contributed by atoms with Crippen LogP contribution in [-0.2, 0) is 25.7 Å². The van der Waals surface area contributed by atoms with E-state index in [0.29, 0.717) is 5.01 Å². The first kappa shape index (κ1) is 24.3. The molecule has 0 radical (unpaired) electrons. The van der Waals surface area contributed by atoms with Gasteiger partial charge in [-0.15, -0.1) is 11.3 Å². The third-order valence-corrected chi connectivity index (χ3v) is 6.25. The minimum absolute atomic E-state index is 0.0286. The Morgan fingerprint density at radius 3 is 2.37 bits per heavy atom. The molecule has 182 valence electrons. The van der Waals surface area contributed by atoms with Crippen LogP contribution in [0.2, 0.25) is 0 Å². The molecule has 1 heterocycles. The molecule has 1 aliphatic carbocycles. The van der Waals surface area contributed by atoms with Crippen molar-refractivity contribution in [3.05, 3.63) is 75.7 Å². The average Bonchev–Trinajstić information content (AvgIpc) is 3.47. The molecule has 0 aliphatic heterocycles. The van der Waals surface area contributed by atoms with Crippen molar-refractivity contribution < 1.29 is 33.8 Å². The van der Waals surface area contributed by atoms with Gasteiger partial charge in [-0.3, -0.25) is 9.63 Å². The number of carboxylic acid groups (broad SMARTS) is 1. The smallest absolute Gasteiger partial charge is 0.407 e. The summed E-state index contributed by atoms with van der Waals surface area (Å²) in [4.78, 5) is 44.5. The topological polar surface area (TPSA) is 136 Å². The Morgan fingerprint density at radius 2 is 1.74 bits per heavy atom. The van der Waals surface area contributed by atoms with Gasteiger partial charge in [0.25, 0.3) is 5.91 Å².